The molecule has 4 rings (SSSR count). The topological polar surface area (TPSA) is 28.5 Å². The van der Waals surface area contributed by atoms with Crippen LogP contribution in [0.3, 0.4) is 0 Å². The van der Waals surface area contributed by atoms with Crippen LogP contribution in [0.1, 0.15) is 50.3 Å². The fraction of sp³-hybridized carbons (Fsp3) is 0.273. The first-order chi connectivity index (χ1) is 13.0. The van der Waals surface area contributed by atoms with Crippen molar-refractivity contribution in [2.45, 2.75) is 39.2 Å². The van der Waals surface area contributed by atoms with Crippen molar-refractivity contribution in [2.75, 3.05) is 5.01 Å². The molecule has 0 saturated carbocycles. The molecule has 0 radical (unpaired) electrons. The lowest BCUT2D eigenvalue weighted by Crippen LogP contribution is -2.18. The molecular weight excluding hydrogens is 374 g/mol. The summed E-state index contributed by atoms with van der Waals surface area (Å²) in [7, 11) is 0. The number of rotatable bonds is 4. The molecule has 3 nitrogen and oxygen atoms in total. The molecule has 1 aromatic heterocycles. The van der Waals surface area contributed by atoms with Crippen molar-refractivity contribution in [1.82, 2.24) is 4.98 Å². The minimum atomic E-state index is 0.204. The molecule has 0 amide bonds. The number of anilines is 1. The second-order valence-electron chi connectivity index (χ2n) is 7.24. The number of nitrogens with zero attached hydrogens (tertiary/aromatic N) is 3. The molecule has 0 saturated heterocycles. The quantitative estimate of drug-likeness (QED) is 0.479. The summed E-state index contributed by atoms with van der Waals surface area (Å²) in [6.45, 7) is 6.53. The number of hydrazone groups is 1. The van der Waals surface area contributed by atoms with E-state index in [1.165, 1.54) is 11.1 Å². The first-order valence-electron chi connectivity index (χ1n) is 9.16. The van der Waals surface area contributed by atoms with Gasteiger partial charge >= 0.3 is 0 Å². The van der Waals surface area contributed by atoms with Crippen molar-refractivity contribution in [3.05, 3.63) is 70.1 Å². The second-order valence-corrected chi connectivity index (χ2v) is 8.52. The lowest BCUT2D eigenvalue weighted by Gasteiger charge is -2.21. The van der Waals surface area contributed by atoms with Crippen molar-refractivity contribution in [1.29, 1.82) is 0 Å². The molecule has 0 fully saturated rings. The smallest absolute Gasteiger partial charge is 0.207 e. The predicted octanol–water partition coefficient (Wildman–Crippen LogP) is 6.91. The molecule has 0 unspecified atom stereocenters. The number of aromatic nitrogens is 1. The minimum Gasteiger partial charge on any atom is -0.231 e. The highest BCUT2D eigenvalue weighted by Crippen LogP contribution is 2.38. The third-order valence-corrected chi connectivity index (χ3v) is 5.96. The maximum Gasteiger partial charge on any atom is 0.207 e. The van der Waals surface area contributed by atoms with Gasteiger partial charge in [0.2, 0.25) is 5.13 Å². The Hall–Kier alpha value is -2.17. The fourth-order valence-electron chi connectivity index (χ4n) is 3.32. The number of halogens is 1. The van der Waals surface area contributed by atoms with Gasteiger partial charge in [-0.25, -0.2) is 9.99 Å². The van der Waals surface area contributed by atoms with E-state index in [4.69, 9.17) is 21.7 Å². The third kappa shape index (κ3) is 3.78. The van der Waals surface area contributed by atoms with Crippen LogP contribution in [0.15, 0.2) is 59.0 Å². The van der Waals surface area contributed by atoms with Gasteiger partial charge in [0, 0.05) is 28.1 Å². The SMILES string of the molecule is CC1=NN(c2nc(-c3ccc(Cl)cc3)cs2)[C@H](c2ccc(C(C)C)cc2)C1. The molecule has 0 aliphatic carbocycles. The molecule has 3 aromatic rings. The molecule has 2 aromatic carbocycles. The lowest BCUT2D eigenvalue weighted by molar-refractivity contribution is 0.705. The summed E-state index contributed by atoms with van der Waals surface area (Å²) in [5, 5.41) is 10.6. The van der Waals surface area contributed by atoms with Crippen molar-refractivity contribution in [2.24, 2.45) is 5.10 Å². The number of benzene rings is 2. The predicted molar refractivity (Wildman–Crippen MR) is 116 cm³/mol. The van der Waals surface area contributed by atoms with E-state index < -0.39 is 0 Å². The zero-order chi connectivity index (χ0) is 19.0. The van der Waals surface area contributed by atoms with Gasteiger partial charge in [-0.3, -0.25) is 0 Å². The third-order valence-electron chi connectivity index (χ3n) is 4.88. The number of thiazole rings is 1. The van der Waals surface area contributed by atoms with Crippen LogP contribution in [0, 0.1) is 0 Å². The van der Waals surface area contributed by atoms with E-state index in [1.54, 1.807) is 11.3 Å². The summed E-state index contributed by atoms with van der Waals surface area (Å²) >= 11 is 7.63. The van der Waals surface area contributed by atoms with Crippen LogP contribution in [0.25, 0.3) is 11.3 Å². The lowest BCUT2D eigenvalue weighted by atomic mass is 9.97. The summed E-state index contributed by atoms with van der Waals surface area (Å²) < 4.78 is 0. The molecule has 2 heterocycles. The highest BCUT2D eigenvalue weighted by molar-refractivity contribution is 7.14. The van der Waals surface area contributed by atoms with Crippen LogP contribution in [0.5, 0.6) is 0 Å². The van der Waals surface area contributed by atoms with Gasteiger partial charge in [0.15, 0.2) is 0 Å². The molecule has 1 atom stereocenters. The van der Waals surface area contributed by atoms with Gasteiger partial charge in [-0.05, 0) is 36.1 Å². The Balaban J connectivity index is 1.62. The molecule has 0 bridgehead atoms. The summed E-state index contributed by atoms with van der Waals surface area (Å²) in [5.41, 5.74) is 5.81. The summed E-state index contributed by atoms with van der Waals surface area (Å²) in [6, 6.07) is 16.9. The largest absolute Gasteiger partial charge is 0.231 e. The molecule has 5 heteroatoms. The molecule has 138 valence electrons. The Labute approximate surface area is 169 Å². The van der Waals surface area contributed by atoms with E-state index in [-0.39, 0.29) is 6.04 Å². The minimum absolute atomic E-state index is 0.204. The van der Waals surface area contributed by atoms with Crippen LogP contribution in [0.4, 0.5) is 5.13 Å². The van der Waals surface area contributed by atoms with E-state index in [9.17, 15) is 0 Å². The van der Waals surface area contributed by atoms with Crippen LogP contribution in [-0.4, -0.2) is 10.7 Å². The molecule has 1 aliphatic rings. The maximum atomic E-state index is 6.00. The monoisotopic (exact) mass is 395 g/mol. The van der Waals surface area contributed by atoms with E-state index >= 15 is 0 Å². The highest BCUT2D eigenvalue weighted by atomic mass is 35.5. The molecule has 1 aliphatic heterocycles. The highest BCUT2D eigenvalue weighted by Gasteiger charge is 2.29. The van der Waals surface area contributed by atoms with Crippen molar-refractivity contribution in [3.8, 4) is 11.3 Å². The first-order valence-corrected chi connectivity index (χ1v) is 10.4. The van der Waals surface area contributed by atoms with Gasteiger partial charge in [0.25, 0.3) is 0 Å². The van der Waals surface area contributed by atoms with Gasteiger partial charge in [-0.15, -0.1) is 11.3 Å². The Kier molecular flexibility index (Phi) is 5.02. The molecular formula is C22H22ClN3S. The van der Waals surface area contributed by atoms with Crippen molar-refractivity contribution in [3.63, 3.8) is 0 Å². The van der Waals surface area contributed by atoms with Crippen LogP contribution >= 0.6 is 22.9 Å². The van der Waals surface area contributed by atoms with E-state index in [0.717, 1.165) is 33.5 Å². The zero-order valence-electron chi connectivity index (χ0n) is 15.7. The maximum absolute atomic E-state index is 6.00. The second kappa shape index (κ2) is 7.45. The Morgan fingerprint density at radius 1 is 1.07 bits per heavy atom. The van der Waals surface area contributed by atoms with Crippen molar-refractivity contribution >= 4 is 33.8 Å². The Morgan fingerprint density at radius 2 is 1.78 bits per heavy atom. The van der Waals surface area contributed by atoms with E-state index in [2.05, 4.69) is 55.4 Å². The number of hydrogen-bond donors (Lipinski definition) is 0. The summed E-state index contributed by atoms with van der Waals surface area (Å²) in [4.78, 5) is 4.84. The van der Waals surface area contributed by atoms with Crippen molar-refractivity contribution < 1.29 is 0 Å². The molecule has 27 heavy (non-hydrogen) atoms. The fourth-order valence-corrected chi connectivity index (χ4v) is 4.28. The Bertz CT molecular complexity index is 958. The van der Waals surface area contributed by atoms with Crippen LogP contribution in [-0.2, 0) is 0 Å². The van der Waals surface area contributed by atoms with E-state index in [0.29, 0.717) is 5.92 Å². The summed E-state index contributed by atoms with van der Waals surface area (Å²) in [6.07, 6.45) is 0.927. The normalized spacial score (nSPS) is 16.9. The zero-order valence-corrected chi connectivity index (χ0v) is 17.3. The van der Waals surface area contributed by atoms with Gasteiger partial charge in [0.05, 0.1) is 11.7 Å². The van der Waals surface area contributed by atoms with Gasteiger partial charge in [0.1, 0.15) is 0 Å². The van der Waals surface area contributed by atoms with Gasteiger partial charge in [-0.2, -0.15) is 5.10 Å². The summed E-state index contributed by atoms with van der Waals surface area (Å²) in [5.74, 6) is 0.539. The first kappa shape index (κ1) is 18.2. The Morgan fingerprint density at radius 3 is 2.44 bits per heavy atom. The van der Waals surface area contributed by atoms with Gasteiger partial charge < -0.3 is 0 Å². The number of hydrogen-bond acceptors (Lipinski definition) is 4. The van der Waals surface area contributed by atoms with E-state index in [1.807, 2.05) is 24.3 Å². The van der Waals surface area contributed by atoms with Gasteiger partial charge in [-0.1, -0.05) is 61.8 Å². The average Bonchev–Trinajstić information content (AvgIpc) is 3.29. The molecule has 0 N–H and O–H groups in total. The van der Waals surface area contributed by atoms with Crippen LogP contribution < -0.4 is 5.01 Å². The molecule has 0 spiro atoms. The average molecular weight is 396 g/mol. The standard InChI is InChI=1S/C22H22ClN3S/c1-14(2)16-4-6-18(7-5-16)21-12-15(3)25-26(21)22-24-20(13-27-22)17-8-10-19(23)11-9-17/h4-11,13-14,21H,12H2,1-3H3/t21-/m0/s1. The van der Waals surface area contributed by atoms with Crippen LogP contribution in [0.2, 0.25) is 5.02 Å².